The summed E-state index contributed by atoms with van der Waals surface area (Å²) >= 11 is 0. The van der Waals surface area contributed by atoms with E-state index in [9.17, 15) is 0 Å². The van der Waals surface area contributed by atoms with Crippen LogP contribution < -0.4 is 10.2 Å². The molecule has 0 unspecified atom stereocenters. The molecule has 0 saturated carbocycles. The fourth-order valence-electron chi connectivity index (χ4n) is 1.66. The molecule has 1 rings (SSSR count). The third-order valence-electron chi connectivity index (χ3n) is 2.42. The Labute approximate surface area is 98.1 Å². The van der Waals surface area contributed by atoms with Crippen molar-refractivity contribution in [2.75, 3.05) is 25.5 Å². The van der Waals surface area contributed by atoms with E-state index in [2.05, 4.69) is 34.0 Å². The Kier molecular flexibility index (Phi) is 4.68. The topological polar surface area (TPSA) is 41.1 Å². The average Bonchev–Trinajstić information content (AvgIpc) is 2.20. The second-order valence-electron chi connectivity index (χ2n) is 4.59. The summed E-state index contributed by atoms with van der Waals surface area (Å²) < 4.78 is 0. The van der Waals surface area contributed by atoms with Crippen molar-refractivity contribution < 1.29 is 0 Å². The largest absolute Gasteiger partial charge is 0.344 e. The molecule has 0 radical (unpaired) electrons. The number of hydrogen-bond acceptors (Lipinski definition) is 4. The van der Waals surface area contributed by atoms with Gasteiger partial charge in [-0.1, -0.05) is 13.8 Å². The van der Waals surface area contributed by atoms with Crippen LogP contribution in [0.25, 0.3) is 0 Å². The highest BCUT2D eigenvalue weighted by Gasteiger charge is 2.08. The Morgan fingerprint density at radius 2 is 2.12 bits per heavy atom. The minimum atomic E-state index is 0.617. The molecule has 0 atom stereocenters. The third-order valence-corrected chi connectivity index (χ3v) is 2.42. The van der Waals surface area contributed by atoms with Crippen LogP contribution in [0.15, 0.2) is 6.20 Å². The maximum absolute atomic E-state index is 4.52. The summed E-state index contributed by atoms with van der Waals surface area (Å²) in [6.45, 7) is 8.21. The number of aromatic nitrogens is 2. The first-order valence-corrected chi connectivity index (χ1v) is 5.72. The zero-order valence-corrected chi connectivity index (χ0v) is 10.9. The van der Waals surface area contributed by atoms with Gasteiger partial charge in [-0.05, 0) is 19.9 Å². The Bertz CT molecular complexity index is 336. The fourth-order valence-corrected chi connectivity index (χ4v) is 1.66. The van der Waals surface area contributed by atoms with Gasteiger partial charge in [0.25, 0.3) is 0 Å². The molecule has 0 aromatic carbocycles. The molecule has 0 saturated heterocycles. The first kappa shape index (κ1) is 12.9. The number of hydrogen-bond donors (Lipinski definition) is 1. The summed E-state index contributed by atoms with van der Waals surface area (Å²) in [6, 6.07) is 0. The van der Waals surface area contributed by atoms with Gasteiger partial charge in [-0.2, -0.15) is 0 Å². The molecule has 1 N–H and O–H groups in total. The van der Waals surface area contributed by atoms with Crippen LogP contribution >= 0.6 is 0 Å². The molecule has 16 heavy (non-hydrogen) atoms. The normalized spacial score (nSPS) is 10.9. The lowest BCUT2D eigenvalue weighted by atomic mass is 10.2. The van der Waals surface area contributed by atoms with Crippen LogP contribution in [0.3, 0.4) is 0 Å². The lowest BCUT2D eigenvalue weighted by Gasteiger charge is -2.19. The van der Waals surface area contributed by atoms with Crippen molar-refractivity contribution in [3.05, 3.63) is 17.5 Å². The summed E-state index contributed by atoms with van der Waals surface area (Å²) in [5, 5.41) is 3.11. The number of aryl methyl sites for hydroxylation is 1. The van der Waals surface area contributed by atoms with E-state index in [0.29, 0.717) is 5.92 Å². The molecule has 0 bridgehead atoms. The second kappa shape index (κ2) is 5.80. The maximum atomic E-state index is 4.52. The van der Waals surface area contributed by atoms with Crippen LogP contribution in [0.4, 0.5) is 5.95 Å². The molecule has 1 heterocycles. The first-order chi connectivity index (χ1) is 7.54. The van der Waals surface area contributed by atoms with Crippen LogP contribution in [-0.4, -0.2) is 30.6 Å². The molecule has 0 aliphatic rings. The van der Waals surface area contributed by atoms with Gasteiger partial charge in [0, 0.05) is 37.6 Å². The molecule has 0 spiro atoms. The number of rotatable bonds is 5. The van der Waals surface area contributed by atoms with Crippen molar-refractivity contribution in [2.45, 2.75) is 27.3 Å². The lowest BCUT2D eigenvalue weighted by molar-refractivity contribution is 0.628. The first-order valence-electron chi connectivity index (χ1n) is 5.72. The molecule has 90 valence electrons. The van der Waals surface area contributed by atoms with Gasteiger partial charge < -0.3 is 10.2 Å². The van der Waals surface area contributed by atoms with Crippen molar-refractivity contribution in [1.82, 2.24) is 15.3 Å². The highest BCUT2D eigenvalue weighted by Crippen LogP contribution is 2.11. The van der Waals surface area contributed by atoms with E-state index >= 15 is 0 Å². The predicted octanol–water partition coefficient (Wildman–Crippen LogP) is 1.60. The summed E-state index contributed by atoms with van der Waals surface area (Å²) in [5.74, 6) is 1.43. The third kappa shape index (κ3) is 3.45. The van der Waals surface area contributed by atoms with Crippen molar-refractivity contribution in [1.29, 1.82) is 0 Å². The highest BCUT2D eigenvalue weighted by atomic mass is 15.2. The highest BCUT2D eigenvalue weighted by molar-refractivity contribution is 5.31. The van der Waals surface area contributed by atoms with Crippen LogP contribution in [0.5, 0.6) is 0 Å². The number of anilines is 1. The Hall–Kier alpha value is -1.16. The maximum Gasteiger partial charge on any atom is 0.225 e. The molecule has 1 aromatic heterocycles. The Morgan fingerprint density at radius 3 is 2.62 bits per heavy atom. The van der Waals surface area contributed by atoms with Gasteiger partial charge in [0.1, 0.15) is 0 Å². The van der Waals surface area contributed by atoms with E-state index in [4.69, 9.17) is 0 Å². The zero-order chi connectivity index (χ0) is 12.1. The quantitative estimate of drug-likeness (QED) is 0.821. The minimum absolute atomic E-state index is 0.617. The van der Waals surface area contributed by atoms with E-state index in [1.54, 1.807) is 0 Å². The number of nitrogens with one attached hydrogen (secondary N) is 1. The molecule has 0 fully saturated rings. The van der Waals surface area contributed by atoms with E-state index in [0.717, 1.165) is 30.3 Å². The van der Waals surface area contributed by atoms with Gasteiger partial charge in [-0.25, -0.2) is 9.97 Å². The average molecular weight is 222 g/mol. The molecule has 4 nitrogen and oxygen atoms in total. The van der Waals surface area contributed by atoms with Gasteiger partial charge in [-0.15, -0.1) is 0 Å². The molecule has 0 aliphatic heterocycles. The monoisotopic (exact) mass is 222 g/mol. The Balaban J connectivity index is 2.79. The zero-order valence-electron chi connectivity index (χ0n) is 10.9. The number of nitrogens with zero attached hydrogens (tertiary/aromatic N) is 3. The molecular weight excluding hydrogens is 200 g/mol. The van der Waals surface area contributed by atoms with Gasteiger partial charge in [0.2, 0.25) is 5.95 Å². The van der Waals surface area contributed by atoms with Crippen molar-refractivity contribution >= 4 is 5.95 Å². The van der Waals surface area contributed by atoms with Gasteiger partial charge in [-0.3, -0.25) is 0 Å². The van der Waals surface area contributed by atoms with Crippen LogP contribution in [0.1, 0.15) is 25.1 Å². The van der Waals surface area contributed by atoms with Gasteiger partial charge in [0.05, 0.1) is 0 Å². The van der Waals surface area contributed by atoms with E-state index in [1.165, 1.54) is 0 Å². The van der Waals surface area contributed by atoms with Crippen LogP contribution in [0, 0.1) is 12.8 Å². The molecular formula is C12H22N4. The Morgan fingerprint density at radius 1 is 1.44 bits per heavy atom. The summed E-state index contributed by atoms with van der Waals surface area (Å²) in [5.41, 5.74) is 2.21. The molecule has 1 aromatic rings. The smallest absolute Gasteiger partial charge is 0.225 e. The van der Waals surface area contributed by atoms with Crippen molar-refractivity contribution in [3.63, 3.8) is 0 Å². The SMILES string of the molecule is CNCc1cnc(N(C)CC(C)C)nc1C. The van der Waals surface area contributed by atoms with Crippen LogP contribution in [-0.2, 0) is 6.54 Å². The lowest BCUT2D eigenvalue weighted by Crippen LogP contribution is -2.25. The van der Waals surface area contributed by atoms with Gasteiger partial charge >= 0.3 is 0 Å². The minimum Gasteiger partial charge on any atom is -0.344 e. The van der Waals surface area contributed by atoms with E-state index in [-0.39, 0.29) is 0 Å². The summed E-state index contributed by atoms with van der Waals surface area (Å²) in [4.78, 5) is 11.0. The predicted molar refractivity (Wildman–Crippen MR) is 67.6 cm³/mol. The van der Waals surface area contributed by atoms with Crippen LogP contribution in [0.2, 0.25) is 0 Å². The van der Waals surface area contributed by atoms with E-state index < -0.39 is 0 Å². The molecule has 0 amide bonds. The summed E-state index contributed by atoms with van der Waals surface area (Å²) in [7, 11) is 3.96. The van der Waals surface area contributed by atoms with Crippen molar-refractivity contribution in [2.24, 2.45) is 5.92 Å². The fraction of sp³-hybridized carbons (Fsp3) is 0.667. The van der Waals surface area contributed by atoms with Crippen molar-refractivity contribution in [3.8, 4) is 0 Å². The molecule has 0 aliphatic carbocycles. The second-order valence-corrected chi connectivity index (χ2v) is 4.59. The van der Waals surface area contributed by atoms with E-state index in [1.807, 2.05) is 27.2 Å². The summed E-state index contributed by atoms with van der Waals surface area (Å²) in [6.07, 6.45) is 1.91. The molecule has 4 heteroatoms. The standard InChI is InChI=1S/C12H22N4/c1-9(2)8-16(5)12-14-7-11(6-13-4)10(3)15-12/h7,9,13H,6,8H2,1-5H3. The van der Waals surface area contributed by atoms with Gasteiger partial charge in [0.15, 0.2) is 0 Å².